The molecule has 0 amide bonds. The maximum absolute atomic E-state index is 10.8. The van der Waals surface area contributed by atoms with Crippen molar-refractivity contribution in [1.29, 1.82) is 0 Å². The van der Waals surface area contributed by atoms with E-state index >= 15 is 0 Å². The van der Waals surface area contributed by atoms with Crippen molar-refractivity contribution in [1.82, 2.24) is 10.2 Å². The van der Waals surface area contributed by atoms with Gasteiger partial charge in [0.25, 0.3) is 0 Å². The molecule has 0 atom stereocenters. The van der Waals surface area contributed by atoms with Crippen LogP contribution in [0.1, 0.15) is 32.3 Å². The quantitative estimate of drug-likeness (QED) is 0.599. The van der Waals surface area contributed by atoms with Crippen LogP contribution in [-0.2, 0) is 4.79 Å². The molecule has 1 aromatic carbocycles. The molecule has 2 rings (SSSR count). The molecule has 0 aromatic heterocycles. The van der Waals surface area contributed by atoms with E-state index in [1.165, 1.54) is 22.3 Å². The van der Waals surface area contributed by atoms with Crippen molar-refractivity contribution < 1.29 is 4.79 Å². The van der Waals surface area contributed by atoms with Gasteiger partial charge in [0.05, 0.1) is 0 Å². The Morgan fingerprint density at radius 3 is 2.56 bits per heavy atom. The minimum Gasteiger partial charge on any atom is -0.316 e. The van der Waals surface area contributed by atoms with Gasteiger partial charge in [0.1, 0.15) is 6.29 Å². The lowest BCUT2D eigenvalue weighted by atomic mass is 9.87. The number of nitrogens with one attached hydrogen (secondary N) is 1. The molecule has 0 unspecified atom stereocenters. The van der Waals surface area contributed by atoms with Gasteiger partial charge in [-0.05, 0) is 48.4 Å². The summed E-state index contributed by atoms with van der Waals surface area (Å²) >= 11 is 0. The number of hydrogen-bond donors (Lipinski definition) is 1. The van der Waals surface area contributed by atoms with Crippen LogP contribution < -0.4 is 5.32 Å². The lowest BCUT2D eigenvalue weighted by Gasteiger charge is -2.29. The van der Waals surface area contributed by atoms with E-state index < -0.39 is 0 Å². The van der Waals surface area contributed by atoms with Gasteiger partial charge in [-0.2, -0.15) is 0 Å². The highest BCUT2D eigenvalue weighted by atomic mass is 16.1. The lowest BCUT2D eigenvalue weighted by molar-refractivity contribution is -0.107. The van der Waals surface area contributed by atoms with Gasteiger partial charge in [-0.15, -0.1) is 0 Å². The standard InChI is InChI=1S/C20H26N2O.C2H6/c1-16(10-12-23)13-20(17-7-5-4-6-8-17)19-9-11-22(3)15-18(19)14-21-2;1-2/h4-8,12-13,21H,1,9-11,14-15H2,2-3H3;1-2H3/b20-13-;. The molecular weight excluding hydrogens is 308 g/mol. The number of carbonyl (C=O) groups is 1. The van der Waals surface area contributed by atoms with Gasteiger partial charge >= 0.3 is 0 Å². The summed E-state index contributed by atoms with van der Waals surface area (Å²) in [6, 6.07) is 10.4. The number of allylic oxidation sites excluding steroid dienone is 3. The minimum absolute atomic E-state index is 0.380. The summed E-state index contributed by atoms with van der Waals surface area (Å²) in [5.74, 6) is 0. The summed E-state index contributed by atoms with van der Waals surface area (Å²) < 4.78 is 0. The fourth-order valence-electron chi connectivity index (χ4n) is 3.01. The summed E-state index contributed by atoms with van der Waals surface area (Å²) in [4.78, 5) is 13.1. The molecule has 1 aromatic rings. The van der Waals surface area contributed by atoms with E-state index in [9.17, 15) is 4.79 Å². The van der Waals surface area contributed by atoms with Crippen LogP contribution in [0.5, 0.6) is 0 Å². The molecule has 0 aliphatic carbocycles. The zero-order chi connectivity index (χ0) is 18.7. The Hall–Kier alpha value is -1.97. The first-order chi connectivity index (χ1) is 12.2. The van der Waals surface area contributed by atoms with Crippen molar-refractivity contribution in [3.05, 3.63) is 65.3 Å². The zero-order valence-corrected chi connectivity index (χ0v) is 16.1. The molecule has 0 saturated heterocycles. The smallest absolute Gasteiger partial charge is 0.124 e. The van der Waals surface area contributed by atoms with Crippen LogP contribution in [0.3, 0.4) is 0 Å². The van der Waals surface area contributed by atoms with Crippen LogP contribution in [0.15, 0.2) is 59.7 Å². The molecule has 0 spiro atoms. The van der Waals surface area contributed by atoms with E-state index in [1.54, 1.807) is 0 Å². The Balaban J connectivity index is 0.00000151. The monoisotopic (exact) mass is 340 g/mol. The van der Waals surface area contributed by atoms with Crippen LogP contribution in [0.4, 0.5) is 0 Å². The van der Waals surface area contributed by atoms with Crippen molar-refractivity contribution in [3.63, 3.8) is 0 Å². The number of rotatable bonds is 7. The highest BCUT2D eigenvalue weighted by Gasteiger charge is 2.19. The maximum Gasteiger partial charge on any atom is 0.124 e. The van der Waals surface area contributed by atoms with Crippen LogP contribution >= 0.6 is 0 Å². The van der Waals surface area contributed by atoms with Gasteiger partial charge in [-0.3, -0.25) is 0 Å². The second kappa shape index (κ2) is 11.6. The predicted molar refractivity (Wildman–Crippen MR) is 109 cm³/mol. The van der Waals surface area contributed by atoms with E-state index in [1.807, 2.05) is 27.0 Å². The Morgan fingerprint density at radius 2 is 1.96 bits per heavy atom. The van der Waals surface area contributed by atoms with Gasteiger partial charge in [-0.1, -0.05) is 56.8 Å². The third-order valence-electron chi connectivity index (χ3n) is 4.13. The summed E-state index contributed by atoms with van der Waals surface area (Å²) in [6.45, 7) is 10.9. The molecule has 136 valence electrons. The number of likely N-dealkylation sites (N-methyl/N-ethyl adjacent to an activating group) is 2. The fraction of sp³-hybridized carbons (Fsp3) is 0.409. The van der Waals surface area contributed by atoms with Crippen molar-refractivity contribution in [2.45, 2.75) is 26.7 Å². The first-order valence-electron chi connectivity index (χ1n) is 9.08. The second-order valence-electron chi connectivity index (χ2n) is 6.05. The third-order valence-corrected chi connectivity index (χ3v) is 4.13. The third kappa shape index (κ3) is 6.45. The summed E-state index contributed by atoms with van der Waals surface area (Å²) in [7, 11) is 4.14. The van der Waals surface area contributed by atoms with Crippen LogP contribution in [0.2, 0.25) is 0 Å². The molecule has 1 N–H and O–H groups in total. The van der Waals surface area contributed by atoms with Crippen molar-refractivity contribution in [2.24, 2.45) is 0 Å². The van der Waals surface area contributed by atoms with Gasteiger partial charge in [0.15, 0.2) is 0 Å². The van der Waals surface area contributed by atoms with Crippen molar-refractivity contribution in [3.8, 4) is 0 Å². The molecule has 3 heteroatoms. The van der Waals surface area contributed by atoms with E-state index in [0.29, 0.717) is 6.42 Å². The molecule has 0 fully saturated rings. The van der Waals surface area contributed by atoms with Crippen molar-refractivity contribution in [2.75, 3.05) is 33.7 Å². The highest BCUT2D eigenvalue weighted by Crippen LogP contribution is 2.32. The first kappa shape index (κ1) is 21.1. The van der Waals surface area contributed by atoms with Gasteiger partial charge in [-0.25, -0.2) is 0 Å². The number of hydrogen-bond acceptors (Lipinski definition) is 3. The zero-order valence-electron chi connectivity index (χ0n) is 16.1. The van der Waals surface area contributed by atoms with Crippen molar-refractivity contribution >= 4 is 11.9 Å². The Kier molecular flexibility index (Phi) is 9.75. The van der Waals surface area contributed by atoms with E-state index in [4.69, 9.17) is 0 Å². The Morgan fingerprint density at radius 1 is 1.28 bits per heavy atom. The van der Waals surface area contributed by atoms with Gasteiger partial charge < -0.3 is 15.0 Å². The first-order valence-corrected chi connectivity index (χ1v) is 9.08. The molecule has 1 aliphatic rings. The minimum atomic E-state index is 0.380. The Labute approximate surface area is 153 Å². The summed E-state index contributed by atoms with van der Waals surface area (Å²) in [5, 5.41) is 3.28. The molecule has 0 bridgehead atoms. The SMILES string of the molecule is C=C(/C=C(\C1=C(CNC)CN(C)CC1)c1ccccc1)CC=O.CC. The molecule has 25 heavy (non-hydrogen) atoms. The molecule has 0 radical (unpaired) electrons. The molecule has 0 saturated carbocycles. The molecule has 3 nitrogen and oxygen atoms in total. The average Bonchev–Trinajstić information content (AvgIpc) is 2.63. The van der Waals surface area contributed by atoms with E-state index in [0.717, 1.165) is 37.9 Å². The number of carbonyl (C=O) groups excluding carboxylic acids is 1. The molecule has 1 heterocycles. The predicted octanol–water partition coefficient (Wildman–Crippen LogP) is 4.09. The number of nitrogens with zero attached hydrogens (tertiary/aromatic N) is 1. The number of aldehydes is 1. The fourth-order valence-corrected chi connectivity index (χ4v) is 3.01. The van der Waals surface area contributed by atoms with E-state index in [2.05, 4.69) is 54.2 Å². The van der Waals surface area contributed by atoms with Crippen LogP contribution in [0, 0.1) is 0 Å². The normalized spacial score (nSPS) is 15.4. The maximum atomic E-state index is 10.8. The summed E-state index contributed by atoms with van der Waals surface area (Å²) in [6.07, 6.45) is 4.40. The largest absolute Gasteiger partial charge is 0.316 e. The highest BCUT2D eigenvalue weighted by molar-refractivity contribution is 5.82. The second-order valence-corrected chi connectivity index (χ2v) is 6.05. The molecular formula is C22H32N2O. The van der Waals surface area contributed by atoms with E-state index in [-0.39, 0.29) is 0 Å². The van der Waals surface area contributed by atoms with Gasteiger partial charge in [0.2, 0.25) is 0 Å². The van der Waals surface area contributed by atoms with Crippen LogP contribution in [-0.4, -0.2) is 44.9 Å². The average molecular weight is 341 g/mol. The summed E-state index contributed by atoms with van der Waals surface area (Å²) in [5.41, 5.74) is 6.04. The lowest BCUT2D eigenvalue weighted by Crippen LogP contribution is -2.32. The van der Waals surface area contributed by atoms with Gasteiger partial charge in [0, 0.05) is 26.1 Å². The topological polar surface area (TPSA) is 32.3 Å². The number of benzene rings is 1. The van der Waals surface area contributed by atoms with Crippen LogP contribution in [0.25, 0.3) is 5.57 Å². The molecule has 1 aliphatic heterocycles. The Bertz CT molecular complexity index is 614.